The molecule has 1 aliphatic heterocycles. The van der Waals surface area contributed by atoms with Gasteiger partial charge in [-0.1, -0.05) is 13.3 Å². The van der Waals surface area contributed by atoms with E-state index in [0.29, 0.717) is 11.7 Å². The van der Waals surface area contributed by atoms with Crippen molar-refractivity contribution in [1.82, 2.24) is 9.47 Å². The highest BCUT2D eigenvalue weighted by molar-refractivity contribution is 5.94. The number of amides is 1. The lowest BCUT2D eigenvalue weighted by atomic mass is 9.98. The molecule has 2 rings (SSSR count). The fourth-order valence-corrected chi connectivity index (χ4v) is 3.02. The number of rotatable bonds is 4. The molecule has 1 unspecified atom stereocenters. The van der Waals surface area contributed by atoms with Crippen LogP contribution in [0.5, 0.6) is 0 Å². The summed E-state index contributed by atoms with van der Waals surface area (Å²) in [4.78, 5) is 14.8. The lowest BCUT2D eigenvalue weighted by Gasteiger charge is -2.36. The Balaban J connectivity index is 2.20. The van der Waals surface area contributed by atoms with Crippen LogP contribution in [0.1, 0.15) is 56.4 Å². The predicted molar refractivity (Wildman–Crippen MR) is 78.1 cm³/mol. The highest BCUT2D eigenvalue weighted by Crippen LogP contribution is 2.24. The number of nitrogens with two attached hydrogens (primary N) is 1. The summed E-state index contributed by atoms with van der Waals surface area (Å²) in [5.74, 6) is 0.150. The van der Waals surface area contributed by atoms with Gasteiger partial charge in [0, 0.05) is 25.3 Å². The summed E-state index contributed by atoms with van der Waals surface area (Å²) in [5, 5.41) is 0. The number of anilines is 1. The molecule has 2 N–H and O–H groups in total. The van der Waals surface area contributed by atoms with Crippen molar-refractivity contribution >= 4 is 11.6 Å². The van der Waals surface area contributed by atoms with E-state index >= 15 is 0 Å². The monoisotopic (exact) mass is 263 g/mol. The second-order valence-corrected chi connectivity index (χ2v) is 5.38. The quantitative estimate of drug-likeness (QED) is 0.908. The molecule has 1 atom stereocenters. The molecule has 1 aliphatic rings. The Hall–Kier alpha value is -1.45. The maximum absolute atomic E-state index is 12.7. The van der Waals surface area contributed by atoms with Crippen molar-refractivity contribution in [1.29, 1.82) is 0 Å². The second-order valence-electron chi connectivity index (χ2n) is 5.38. The third kappa shape index (κ3) is 2.94. The molecule has 0 spiro atoms. The number of hydrogen-bond donors (Lipinski definition) is 1. The predicted octanol–water partition coefficient (Wildman–Crippen LogP) is 2.89. The first-order valence-corrected chi connectivity index (χ1v) is 7.44. The fraction of sp³-hybridized carbons (Fsp3) is 0.667. The van der Waals surface area contributed by atoms with Crippen molar-refractivity contribution in [3.8, 4) is 0 Å². The van der Waals surface area contributed by atoms with Crippen LogP contribution in [0.2, 0.25) is 0 Å². The average molecular weight is 263 g/mol. The van der Waals surface area contributed by atoms with Gasteiger partial charge in [0.2, 0.25) is 0 Å². The Morgan fingerprint density at radius 2 is 2.21 bits per heavy atom. The van der Waals surface area contributed by atoms with Crippen LogP contribution < -0.4 is 5.73 Å². The van der Waals surface area contributed by atoms with E-state index in [0.717, 1.165) is 44.5 Å². The van der Waals surface area contributed by atoms with Crippen LogP contribution in [-0.2, 0) is 6.54 Å². The molecule has 0 aromatic carbocycles. The van der Waals surface area contributed by atoms with E-state index in [1.807, 2.05) is 23.8 Å². The van der Waals surface area contributed by atoms with E-state index < -0.39 is 0 Å². The number of aryl methyl sites for hydroxylation is 1. The Morgan fingerprint density at radius 3 is 2.89 bits per heavy atom. The van der Waals surface area contributed by atoms with Crippen molar-refractivity contribution in [2.45, 2.75) is 58.5 Å². The zero-order valence-electron chi connectivity index (χ0n) is 12.1. The Bertz CT molecular complexity index is 437. The van der Waals surface area contributed by atoms with Gasteiger partial charge in [-0.15, -0.1) is 0 Å². The molecule has 4 nitrogen and oxygen atoms in total. The smallest absolute Gasteiger partial charge is 0.270 e. The van der Waals surface area contributed by atoms with E-state index in [-0.39, 0.29) is 5.91 Å². The lowest BCUT2D eigenvalue weighted by molar-refractivity contribution is 0.0589. The van der Waals surface area contributed by atoms with Gasteiger partial charge in [-0.05, 0) is 38.7 Å². The molecular formula is C15H25N3O. The first kappa shape index (κ1) is 14.0. The Morgan fingerprint density at radius 1 is 1.42 bits per heavy atom. The molecule has 0 radical (unpaired) electrons. The number of carbonyl (C=O) groups is 1. The second kappa shape index (κ2) is 6.13. The van der Waals surface area contributed by atoms with Crippen LogP contribution in [0, 0.1) is 0 Å². The van der Waals surface area contributed by atoms with E-state index in [1.165, 1.54) is 6.42 Å². The zero-order valence-corrected chi connectivity index (χ0v) is 12.1. The van der Waals surface area contributed by atoms with Gasteiger partial charge in [-0.3, -0.25) is 4.79 Å². The first-order valence-electron chi connectivity index (χ1n) is 7.44. The van der Waals surface area contributed by atoms with Crippen LogP contribution >= 0.6 is 0 Å². The third-order valence-corrected chi connectivity index (χ3v) is 3.99. The van der Waals surface area contributed by atoms with Gasteiger partial charge in [0.25, 0.3) is 5.91 Å². The van der Waals surface area contributed by atoms with Crippen LogP contribution in [0.25, 0.3) is 0 Å². The molecule has 1 saturated heterocycles. The van der Waals surface area contributed by atoms with Crippen LogP contribution in [0.3, 0.4) is 0 Å². The number of aromatic nitrogens is 1. The summed E-state index contributed by atoms with van der Waals surface area (Å²) in [7, 11) is 0. The third-order valence-electron chi connectivity index (χ3n) is 3.99. The number of hydrogen-bond acceptors (Lipinski definition) is 2. The molecule has 1 amide bonds. The normalized spacial score (nSPS) is 19.7. The standard InChI is InChI=1S/C15H25N3O/c1-3-7-13-8-5-6-9-18(13)15(19)14-10-12(16)11-17(14)4-2/h10-11,13H,3-9,16H2,1-2H3. The molecule has 19 heavy (non-hydrogen) atoms. The van der Waals surface area contributed by atoms with Gasteiger partial charge in [-0.25, -0.2) is 0 Å². The summed E-state index contributed by atoms with van der Waals surface area (Å²) in [6.45, 7) is 5.89. The van der Waals surface area contributed by atoms with Crippen molar-refractivity contribution < 1.29 is 4.79 Å². The van der Waals surface area contributed by atoms with Crippen molar-refractivity contribution in [2.75, 3.05) is 12.3 Å². The minimum Gasteiger partial charge on any atom is -0.397 e. The fourth-order valence-electron chi connectivity index (χ4n) is 3.02. The molecule has 106 valence electrons. The molecule has 1 fully saturated rings. The molecule has 2 heterocycles. The zero-order chi connectivity index (χ0) is 13.8. The van der Waals surface area contributed by atoms with E-state index in [9.17, 15) is 4.79 Å². The number of nitrogen functional groups attached to an aromatic ring is 1. The maximum Gasteiger partial charge on any atom is 0.270 e. The number of nitrogens with zero attached hydrogens (tertiary/aromatic N) is 2. The summed E-state index contributed by atoms with van der Waals surface area (Å²) >= 11 is 0. The summed E-state index contributed by atoms with van der Waals surface area (Å²) < 4.78 is 1.95. The number of carbonyl (C=O) groups excluding carboxylic acids is 1. The van der Waals surface area contributed by atoms with Crippen molar-refractivity contribution in [3.05, 3.63) is 18.0 Å². The summed E-state index contributed by atoms with van der Waals surface area (Å²) in [6.07, 6.45) is 7.59. The molecule has 0 aliphatic carbocycles. The maximum atomic E-state index is 12.7. The summed E-state index contributed by atoms with van der Waals surface area (Å²) in [5.41, 5.74) is 7.24. The van der Waals surface area contributed by atoms with E-state index in [2.05, 4.69) is 11.8 Å². The van der Waals surface area contributed by atoms with Gasteiger partial charge < -0.3 is 15.2 Å². The molecule has 1 aromatic heterocycles. The SMILES string of the molecule is CCCC1CCCCN1C(=O)c1cc(N)cn1CC. The Kier molecular flexibility index (Phi) is 4.51. The van der Waals surface area contributed by atoms with Crippen LogP contribution in [-0.4, -0.2) is 28.0 Å². The molecule has 0 saturated carbocycles. The van der Waals surface area contributed by atoms with Crippen LogP contribution in [0.4, 0.5) is 5.69 Å². The topological polar surface area (TPSA) is 51.3 Å². The molecular weight excluding hydrogens is 238 g/mol. The van der Waals surface area contributed by atoms with Gasteiger partial charge in [0.1, 0.15) is 5.69 Å². The van der Waals surface area contributed by atoms with E-state index in [4.69, 9.17) is 5.73 Å². The van der Waals surface area contributed by atoms with Crippen LogP contribution in [0.15, 0.2) is 12.3 Å². The van der Waals surface area contributed by atoms with Crippen molar-refractivity contribution in [3.63, 3.8) is 0 Å². The minimum atomic E-state index is 0.150. The average Bonchev–Trinajstić information content (AvgIpc) is 2.80. The molecule has 1 aromatic rings. The number of piperidine rings is 1. The van der Waals surface area contributed by atoms with Gasteiger partial charge >= 0.3 is 0 Å². The van der Waals surface area contributed by atoms with Gasteiger partial charge in [-0.2, -0.15) is 0 Å². The van der Waals surface area contributed by atoms with Gasteiger partial charge in [0.15, 0.2) is 0 Å². The first-order chi connectivity index (χ1) is 9.17. The highest BCUT2D eigenvalue weighted by atomic mass is 16.2. The molecule has 4 heteroatoms. The van der Waals surface area contributed by atoms with Gasteiger partial charge in [0.05, 0.1) is 5.69 Å². The molecule has 0 bridgehead atoms. The largest absolute Gasteiger partial charge is 0.397 e. The highest BCUT2D eigenvalue weighted by Gasteiger charge is 2.28. The number of likely N-dealkylation sites (tertiary alicyclic amines) is 1. The summed E-state index contributed by atoms with van der Waals surface area (Å²) in [6, 6.07) is 2.22. The Labute approximate surface area is 115 Å². The lowest BCUT2D eigenvalue weighted by Crippen LogP contribution is -2.44. The van der Waals surface area contributed by atoms with Crippen molar-refractivity contribution in [2.24, 2.45) is 0 Å². The minimum absolute atomic E-state index is 0.150. The van der Waals surface area contributed by atoms with E-state index in [1.54, 1.807) is 0 Å².